The highest BCUT2D eigenvalue weighted by Gasteiger charge is 2.31. The van der Waals surface area contributed by atoms with Gasteiger partial charge in [0, 0.05) is 11.1 Å². The average molecular weight is 703 g/mol. The second-order valence-electron chi connectivity index (χ2n) is 10.7. The Morgan fingerprint density at radius 2 is 0.820 bits per heavy atom. The first-order valence-electron chi connectivity index (χ1n) is 15.2. The maximum absolute atomic E-state index is 14.8. The highest BCUT2D eigenvalue weighted by atomic mass is 19.2. The predicted molar refractivity (Wildman–Crippen MR) is 170 cm³/mol. The van der Waals surface area contributed by atoms with Gasteiger partial charge in [-0.15, -0.1) is 0 Å². The van der Waals surface area contributed by atoms with Crippen molar-refractivity contribution in [1.82, 2.24) is 0 Å². The average Bonchev–Trinajstić information content (AvgIpc) is 3.10. The quantitative estimate of drug-likeness (QED) is 0.0335. The number of rotatable bonds is 18. The summed E-state index contributed by atoms with van der Waals surface area (Å²) in [5, 5.41) is 0. The van der Waals surface area contributed by atoms with Crippen molar-refractivity contribution in [3.8, 4) is 23.0 Å². The van der Waals surface area contributed by atoms with Crippen LogP contribution in [0.5, 0.6) is 23.0 Å². The van der Waals surface area contributed by atoms with Gasteiger partial charge in [0.25, 0.3) is 0 Å². The van der Waals surface area contributed by atoms with Crippen LogP contribution in [0.15, 0.2) is 72.8 Å². The maximum atomic E-state index is 14.8. The summed E-state index contributed by atoms with van der Waals surface area (Å²) in [5.41, 5.74) is 0.123. The van der Waals surface area contributed by atoms with E-state index in [-0.39, 0.29) is 48.7 Å². The van der Waals surface area contributed by atoms with Crippen LogP contribution in [0, 0.1) is 23.3 Å². The van der Waals surface area contributed by atoms with Crippen LogP contribution in [0.1, 0.15) is 60.2 Å². The summed E-state index contributed by atoms with van der Waals surface area (Å²) < 4.78 is 89.3. The van der Waals surface area contributed by atoms with Crippen molar-refractivity contribution in [3.63, 3.8) is 0 Å². The molecule has 0 spiro atoms. The van der Waals surface area contributed by atoms with Crippen molar-refractivity contribution in [1.29, 1.82) is 0 Å². The Bertz CT molecular complexity index is 1560. The molecule has 0 bridgehead atoms. The second kappa shape index (κ2) is 18.8. The smallest absolute Gasteiger partial charge is 0.343 e. The molecule has 0 heterocycles. The zero-order chi connectivity index (χ0) is 36.8. The van der Waals surface area contributed by atoms with E-state index < -0.39 is 58.6 Å². The van der Waals surface area contributed by atoms with Crippen molar-refractivity contribution in [2.75, 3.05) is 26.4 Å². The minimum Gasteiger partial charge on any atom is -0.494 e. The molecular formula is C36H34F4O10. The molecule has 266 valence electrons. The third kappa shape index (κ3) is 11.2. The molecular weight excluding hydrogens is 668 g/mol. The second-order valence-corrected chi connectivity index (χ2v) is 10.7. The molecule has 0 aromatic heterocycles. The van der Waals surface area contributed by atoms with Gasteiger partial charge < -0.3 is 28.4 Å². The fourth-order valence-corrected chi connectivity index (χ4v) is 3.81. The van der Waals surface area contributed by atoms with Crippen LogP contribution in [0.3, 0.4) is 0 Å². The number of halogens is 4. The monoisotopic (exact) mass is 702 g/mol. The molecule has 3 aromatic carbocycles. The summed E-state index contributed by atoms with van der Waals surface area (Å²) in [7, 11) is 0. The van der Waals surface area contributed by atoms with Crippen molar-refractivity contribution in [2.24, 2.45) is 0 Å². The topological polar surface area (TPSA) is 124 Å². The number of unbranched alkanes of at least 4 members (excludes halogenated alkanes) is 2. The van der Waals surface area contributed by atoms with Crippen molar-refractivity contribution < 1.29 is 65.2 Å². The summed E-state index contributed by atoms with van der Waals surface area (Å²) in [6.45, 7) is 10.9. The molecule has 0 fully saturated rings. The standard InChI is InChI=1S/C36H34F4O10/c1-21(2)33(41)47-19-7-5-17-45-25-13-9-23(10-14-25)35(43)49-31-27(37)29(39)32(30(40)28(31)38)50-36(44)24-11-15-26(16-12-24)46-18-6-8-20-48-34(42)22(3)4/h9-16H,1,3,5-8,17-20H2,2,4H3. The summed E-state index contributed by atoms with van der Waals surface area (Å²) in [4.78, 5) is 47.7. The summed E-state index contributed by atoms with van der Waals surface area (Å²) in [6, 6.07) is 10.2. The Hall–Kier alpha value is -5.66. The summed E-state index contributed by atoms with van der Waals surface area (Å²) in [5.74, 6) is -14.8. The lowest BCUT2D eigenvalue weighted by Gasteiger charge is -2.13. The molecule has 0 radical (unpaired) electrons. The van der Waals surface area contributed by atoms with Crippen LogP contribution in [0.4, 0.5) is 17.6 Å². The van der Waals surface area contributed by atoms with Gasteiger partial charge in [0.05, 0.1) is 37.6 Å². The van der Waals surface area contributed by atoms with E-state index >= 15 is 0 Å². The highest BCUT2D eigenvalue weighted by Crippen LogP contribution is 2.35. The van der Waals surface area contributed by atoms with Gasteiger partial charge in [0.2, 0.25) is 34.8 Å². The molecule has 0 saturated carbocycles. The van der Waals surface area contributed by atoms with E-state index in [1.807, 2.05) is 0 Å². The lowest BCUT2D eigenvalue weighted by molar-refractivity contribution is -0.139. The fourth-order valence-electron chi connectivity index (χ4n) is 3.81. The number of esters is 4. The van der Waals surface area contributed by atoms with Crippen LogP contribution in [-0.4, -0.2) is 50.3 Å². The summed E-state index contributed by atoms with van der Waals surface area (Å²) >= 11 is 0. The fraction of sp³-hybridized carbons (Fsp3) is 0.278. The van der Waals surface area contributed by atoms with Crippen LogP contribution < -0.4 is 18.9 Å². The zero-order valence-electron chi connectivity index (χ0n) is 27.3. The van der Waals surface area contributed by atoms with Gasteiger partial charge >= 0.3 is 23.9 Å². The van der Waals surface area contributed by atoms with Gasteiger partial charge in [-0.1, -0.05) is 13.2 Å². The van der Waals surface area contributed by atoms with Crippen LogP contribution >= 0.6 is 0 Å². The number of carbonyl (C=O) groups excluding carboxylic acids is 4. The third-order valence-electron chi connectivity index (χ3n) is 6.53. The van der Waals surface area contributed by atoms with Crippen LogP contribution in [-0.2, 0) is 19.1 Å². The number of carbonyl (C=O) groups is 4. The lowest BCUT2D eigenvalue weighted by Crippen LogP contribution is -2.16. The molecule has 3 rings (SSSR count). The van der Waals surface area contributed by atoms with E-state index in [1.54, 1.807) is 0 Å². The first-order chi connectivity index (χ1) is 23.8. The normalized spacial score (nSPS) is 10.5. The van der Waals surface area contributed by atoms with Gasteiger partial charge in [-0.3, -0.25) is 0 Å². The summed E-state index contributed by atoms with van der Waals surface area (Å²) in [6.07, 6.45) is 2.12. The van der Waals surface area contributed by atoms with E-state index in [4.69, 9.17) is 18.9 Å². The molecule has 14 heteroatoms. The predicted octanol–water partition coefficient (Wildman–Crippen LogP) is 7.24. The van der Waals surface area contributed by atoms with Gasteiger partial charge in [0.15, 0.2) is 0 Å². The van der Waals surface area contributed by atoms with Gasteiger partial charge in [-0.25, -0.2) is 19.2 Å². The molecule has 50 heavy (non-hydrogen) atoms. The Morgan fingerprint density at radius 1 is 0.520 bits per heavy atom. The molecule has 0 aliphatic carbocycles. The minimum absolute atomic E-state index is 0.184. The van der Waals surface area contributed by atoms with E-state index in [9.17, 15) is 36.7 Å². The van der Waals surface area contributed by atoms with Crippen molar-refractivity contribution in [2.45, 2.75) is 39.5 Å². The Labute approximate surface area is 285 Å². The van der Waals surface area contributed by atoms with Crippen LogP contribution in [0.25, 0.3) is 0 Å². The largest absolute Gasteiger partial charge is 0.494 e. The number of ether oxygens (including phenoxy) is 6. The minimum atomic E-state index is -2.10. The van der Waals surface area contributed by atoms with Crippen molar-refractivity contribution >= 4 is 23.9 Å². The maximum Gasteiger partial charge on any atom is 0.343 e. The molecule has 10 nitrogen and oxygen atoms in total. The number of hydrogen-bond donors (Lipinski definition) is 0. The van der Waals surface area contributed by atoms with Crippen molar-refractivity contribution in [3.05, 3.63) is 107 Å². The molecule has 0 unspecified atom stereocenters. The first kappa shape index (κ1) is 38.8. The molecule has 0 amide bonds. The van der Waals surface area contributed by atoms with Gasteiger partial charge in [0.1, 0.15) is 11.5 Å². The van der Waals surface area contributed by atoms with Gasteiger partial charge in [-0.05, 0) is 88.1 Å². The lowest BCUT2D eigenvalue weighted by atomic mass is 10.2. The van der Waals surface area contributed by atoms with E-state index in [0.29, 0.717) is 37.2 Å². The molecule has 3 aromatic rings. The molecule has 0 atom stereocenters. The Balaban J connectivity index is 1.53. The molecule has 0 aliphatic heterocycles. The van der Waals surface area contributed by atoms with E-state index in [1.165, 1.54) is 62.4 Å². The van der Waals surface area contributed by atoms with Gasteiger partial charge in [-0.2, -0.15) is 17.6 Å². The Morgan fingerprint density at radius 3 is 1.12 bits per heavy atom. The highest BCUT2D eigenvalue weighted by molar-refractivity contribution is 5.92. The number of hydrogen-bond acceptors (Lipinski definition) is 10. The number of benzene rings is 3. The molecule has 0 saturated heterocycles. The van der Waals surface area contributed by atoms with E-state index in [0.717, 1.165) is 0 Å². The van der Waals surface area contributed by atoms with E-state index in [2.05, 4.69) is 22.6 Å². The first-order valence-corrected chi connectivity index (χ1v) is 15.2. The zero-order valence-corrected chi connectivity index (χ0v) is 27.3. The third-order valence-corrected chi connectivity index (χ3v) is 6.53. The molecule has 0 N–H and O–H groups in total. The Kier molecular flexibility index (Phi) is 14.6. The SMILES string of the molecule is C=C(C)C(=O)OCCCCOc1ccc(C(=O)Oc2c(F)c(F)c(OC(=O)c3ccc(OCCCCOC(=O)C(=C)C)cc3)c(F)c2F)cc1. The molecule has 0 aliphatic rings. The van der Waals surface area contributed by atoms with Crippen LogP contribution in [0.2, 0.25) is 0 Å².